The van der Waals surface area contributed by atoms with Gasteiger partial charge in [-0.15, -0.1) is 0 Å². The van der Waals surface area contributed by atoms with Gasteiger partial charge in [-0.05, 0) is 44.9 Å². The Kier molecular flexibility index (Phi) is 5.00. The minimum absolute atomic E-state index is 0.00112. The van der Waals surface area contributed by atoms with Crippen molar-refractivity contribution in [1.82, 2.24) is 14.5 Å². The highest BCUT2D eigenvalue weighted by molar-refractivity contribution is 5.76. The van der Waals surface area contributed by atoms with E-state index in [0.29, 0.717) is 0 Å². The molecule has 4 rings (SSSR count). The predicted molar refractivity (Wildman–Crippen MR) is 99.5 cm³/mol. The average Bonchev–Trinajstić information content (AvgIpc) is 3.31. The van der Waals surface area contributed by atoms with E-state index in [9.17, 15) is 14.4 Å². The monoisotopic (exact) mass is 359 g/mol. The normalized spacial score (nSPS) is 21.1. The maximum absolute atomic E-state index is 13.2. The first-order valence-corrected chi connectivity index (χ1v) is 10.3. The van der Waals surface area contributed by atoms with Crippen molar-refractivity contribution in [1.29, 1.82) is 0 Å². The summed E-state index contributed by atoms with van der Waals surface area (Å²) in [6.07, 6.45) is 11.8. The zero-order chi connectivity index (χ0) is 18.1. The Morgan fingerprint density at radius 2 is 1.62 bits per heavy atom. The standard InChI is InChI=1S/C20H29N3O3/c24-18(21-14-7-4-5-8-14)13-22-17-12-6-11-16(17)19(25)23(20(22)26)15-9-2-1-3-10-15/h14-15H,1-13H2,(H,21,24). The number of nitrogens with one attached hydrogen (secondary N) is 1. The van der Waals surface area contributed by atoms with E-state index in [2.05, 4.69) is 5.32 Å². The van der Waals surface area contributed by atoms with Crippen molar-refractivity contribution in [2.45, 2.75) is 95.7 Å². The van der Waals surface area contributed by atoms with Crippen LogP contribution in [0.5, 0.6) is 0 Å². The van der Waals surface area contributed by atoms with Crippen molar-refractivity contribution < 1.29 is 4.79 Å². The lowest BCUT2D eigenvalue weighted by atomic mass is 9.95. The fourth-order valence-corrected chi connectivity index (χ4v) is 5.05. The summed E-state index contributed by atoms with van der Waals surface area (Å²) < 4.78 is 3.08. The zero-order valence-corrected chi connectivity index (χ0v) is 15.5. The van der Waals surface area contributed by atoms with Gasteiger partial charge < -0.3 is 5.32 Å². The van der Waals surface area contributed by atoms with Gasteiger partial charge in [-0.2, -0.15) is 0 Å². The van der Waals surface area contributed by atoms with E-state index < -0.39 is 0 Å². The first kappa shape index (κ1) is 17.6. The van der Waals surface area contributed by atoms with Gasteiger partial charge in [-0.3, -0.25) is 18.7 Å². The van der Waals surface area contributed by atoms with Crippen LogP contribution in [0.3, 0.4) is 0 Å². The number of fused-ring (bicyclic) bond motifs is 1. The van der Waals surface area contributed by atoms with Crippen LogP contribution in [0, 0.1) is 0 Å². The van der Waals surface area contributed by atoms with Crippen LogP contribution in [0.2, 0.25) is 0 Å². The van der Waals surface area contributed by atoms with Gasteiger partial charge in [0.1, 0.15) is 6.54 Å². The highest BCUT2D eigenvalue weighted by Gasteiger charge is 2.28. The third-order valence-electron chi connectivity index (χ3n) is 6.39. The van der Waals surface area contributed by atoms with Gasteiger partial charge in [-0.25, -0.2) is 4.79 Å². The molecule has 6 heteroatoms. The summed E-state index contributed by atoms with van der Waals surface area (Å²) in [6.45, 7) is 0.0463. The van der Waals surface area contributed by atoms with E-state index in [1.165, 1.54) is 11.0 Å². The molecule has 0 atom stereocenters. The van der Waals surface area contributed by atoms with Crippen LogP contribution in [0.25, 0.3) is 0 Å². The van der Waals surface area contributed by atoms with Crippen molar-refractivity contribution >= 4 is 5.91 Å². The molecule has 142 valence electrons. The molecule has 1 heterocycles. The van der Waals surface area contributed by atoms with E-state index in [4.69, 9.17) is 0 Å². The summed E-state index contributed by atoms with van der Waals surface area (Å²) in [7, 11) is 0. The number of hydrogen-bond acceptors (Lipinski definition) is 3. The third kappa shape index (κ3) is 3.26. The molecule has 1 N–H and O–H groups in total. The smallest absolute Gasteiger partial charge is 0.331 e. The van der Waals surface area contributed by atoms with Gasteiger partial charge in [0.2, 0.25) is 5.91 Å². The summed E-state index contributed by atoms with van der Waals surface area (Å²) in [5.74, 6) is -0.0954. The molecule has 1 aromatic heterocycles. The fourth-order valence-electron chi connectivity index (χ4n) is 5.05. The lowest BCUT2D eigenvalue weighted by molar-refractivity contribution is -0.122. The lowest BCUT2D eigenvalue weighted by Gasteiger charge is -2.25. The number of aromatic nitrogens is 2. The molecule has 26 heavy (non-hydrogen) atoms. The topological polar surface area (TPSA) is 73.1 Å². The maximum Gasteiger partial charge on any atom is 0.331 e. The summed E-state index contributed by atoms with van der Waals surface area (Å²) in [5.41, 5.74) is 1.20. The number of carbonyl (C=O) groups is 1. The van der Waals surface area contributed by atoms with Crippen LogP contribution in [0.4, 0.5) is 0 Å². The average molecular weight is 359 g/mol. The molecular weight excluding hydrogens is 330 g/mol. The van der Waals surface area contributed by atoms with E-state index in [0.717, 1.165) is 81.9 Å². The molecule has 3 aliphatic rings. The SMILES string of the molecule is O=C(Cn1c2c(c(=O)n(C3CCCCC3)c1=O)CCC2)NC1CCCC1. The molecule has 1 aromatic rings. The van der Waals surface area contributed by atoms with Crippen molar-refractivity contribution in [3.8, 4) is 0 Å². The first-order chi connectivity index (χ1) is 12.6. The molecule has 1 amide bonds. The first-order valence-electron chi connectivity index (χ1n) is 10.3. The second-order valence-corrected chi connectivity index (χ2v) is 8.16. The number of hydrogen-bond donors (Lipinski definition) is 1. The van der Waals surface area contributed by atoms with Gasteiger partial charge >= 0.3 is 5.69 Å². The molecule has 2 saturated carbocycles. The molecule has 0 aliphatic heterocycles. The predicted octanol–water partition coefficient (Wildman–Crippen LogP) is 2.06. The second-order valence-electron chi connectivity index (χ2n) is 8.16. The molecule has 6 nitrogen and oxygen atoms in total. The third-order valence-corrected chi connectivity index (χ3v) is 6.39. The highest BCUT2D eigenvalue weighted by Crippen LogP contribution is 2.27. The van der Waals surface area contributed by atoms with Crippen LogP contribution < -0.4 is 16.6 Å². The van der Waals surface area contributed by atoms with Crippen LogP contribution in [-0.2, 0) is 24.2 Å². The Bertz CT molecular complexity index is 796. The Morgan fingerprint density at radius 1 is 0.923 bits per heavy atom. The summed E-state index contributed by atoms with van der Waals surface area (Å²) in [5, 5.41) is 3.07. The summed E-state index contributed by atoms with van der Waals surface area (Å²) in [6, 6.07) is 0.245. The molecule has 0 unspecified atom stereocenters. The lowest BCUT2D eigenvalue weighted by Crippen LogP contribution is -2.47. The van der Waals surface area contributed by atoms with Crippen molar-refractivity contribution in [3.63, 3.8) is 0 Å². The highest BCUT2D eigenvalue weighted by atomic mass is 16.2. The Hall–Kier alpha value is -1.85. The van der Waals surface area contributed by atoms with Crippen LogP contribution in [0.1, 0.15) is 81.5 Å². The van der Waals surface area contributed by atoms with E-state index in [1.54, 1.807) is 4.57 Å². The minimum atomic E-state index is -0.274. The largest absolute Gasteiger partial charge is 0.352 e. The van der Waals surface area contributed by atoms with Crippen molar-refractivity contribution in [3.05, 3.63) is 32.1 Å². The van der Waals surface area contributed by atoms with E-state index >= 15 is 0 Å². The molecule has 0 bridgehead atoms. The second kappa shape index (κ2) is 7.41. The van der Waals surface area contributed by atoms with Crippen molar-refractivity contribution in [2.24, 2.45) is 0 Å². The van der Waals surface area contributed by atoms with Crippen LogP contribution >= 0.6 is 0 Å². The Balaban J connectivity index is 1.67. The molecule has 0 aromatic carbocycles. The fraction of sp³-hybridized carbons (Fsp3) is 0.750. The van der Waals surface area contributed by atoms with Crippen molar-refractivity contribution in [2.75, 3.05) is 0 Å². The molecule has 0 radical (unpaired) electrons. The zero-order valence-electron chi connectivity index (χ0n) is 15.5. The molecule has 2 fully saturated rings. The van der Waals surface area contributed by atoms with Gasteiger partial charge in [-0.1, -0.05) is 32.1 Å². The molecular formula is C20H29N3O3. The number of amides is 1. The maximum atomic E-state index is 13.2. The summed E-state index contributed by atoms with van der Waals surface area (Å²) in [4.78, 5) is 38.6. The number of carbonyl (C=O) groups excluding carboxylic acids is 1. The van der Waals surface area contributed by atoms with E-state index in [-0.39, 0.29) is 35.8 Å². The quantitative estimate of drug-likeness (QED) is 0.894. The van der Waals surface area contributed by atoms with Gasteiger partial charge in [0.25, 0.3) is 5.56 Å². The molecule has 0 saturated heterocycles. The van der Waals surface area contributed by atoms with Gasteiger partial charge in [0.05, 0.1) is 0 Å². The van der Waals surface area contributed by atoms with Crippen LogP contribution in [0.15, 0.2) is 9.59 Å². The Morgan fingerprint density at radius 3 is 2.35 bits per heavy atom. The minimum Gasteiger partial charge on any atom is -0.352 e. The molecule has 3 aliphatic carbocycles. The van der Waals surface area contributed by atoms with Gasteiger partial charge in [0.15, 0.2) is 0 Å². The number of rotatable bonds is 4. The van der Waals surface area contributed by atoms with Gasteiger partial charge in [0, 0.05) is 23.3 Å². The molecule has 0 spiro atoms. The van der Waals surface area contributed by atoms with Crippen LogP contribution in [-0.4, -0.2) is 21.1 Å². The summed E-state index contributed by atoms with van der Waals surface area (Å²) >= 11 is 0. The Labute approximate surface area is 153 Å². The number of nitrogens with zero attached hydrogens (tertiary/aromatic N) is 2. The van der Waals surface area contributed by atoms with E-state index in [1.807, 2.05) is 0 Å².